The molecule has 0 fully saturated rings. The van der Waals surface area contributed by atoms with Gasteiger partial charge in [-0.15, -0.1) is 0 Å². The quantitative estimate of drug-likeness (QED) is 0.571. The van der Waals surface area contributed by atoms with Gasteiger partial charge in [-0.3, -0.25) is 4.79 Å². The second kappa shape index (κ2) is 7.33. The molecule has 4 nitrogen and oxygen atoms in total. The van der Waals surface area contributed by atoms with E-state index in [9.17, 15) is 4.79 Å². The summed E-state index contributed by atoms with van der Waals surface area (Å²) in [7, 11) is 0. The molecule has 0 radical (unpaired) electrons. The van der Waals surface area contributed by atoms with E-state index in [0.717, 1.165) is 10.9 Å². The summed E-state index contributed by atoms with van der Waals surface area (Å²) in [6.45, 7) is 0.426. The Morgan fingerprint density at radius 3 is 2.64 bits per heavy atom. The number of fused-ring (bicyclic) bond motifs is 1. The van der Waals surface area contributed by atoms with Crippen molar-refractivity contribution in [2.45, 2.75) is 6.61 Å². The molecule has 0 aliphatic heterocycles. The van der Waals surface area contributed by atoms with Crippen molar-refractivity contribution >= 4 is 22.8 Å². The molecule has 0 aliphatic carbocycles. The van der Waals surface area contributed by atoms with Crippen LogP contribution in [0.25, 0.3) is 16.8 Å². The number of benzene rings is 3. The van der Waals surface area contributed by atoms with Crippen molar-refractivity contribution in [3.63, 3.8) is 0 Å². The first-order chi connectivity index (χ1) is 12.2. The van der Waals surface area contributed by atoms with E-state index in [-0.39, 0.29) is 5.57 Å². The molecule has 0 aromatic heterocycles. The molecule has 0 spiro atoms. The van der Waals surface area contributed by atoms with Gasteiger partial charge >= 0.3 is 0 Å². The van der Waals surface area contributed by atoms with Gasteiger partial charge in [0.1, 0.15) is 24.0 Å². The Bertz CT molecular complexity index is 995. The molecule has 0 heterocycles. The van der Waals surface area contributed by atoms with Crippen LogP contribution in [0.1, 0.15) is 11.1 Å². The summed E-state index contributed by atoms with van der Waals surface area (Å²) in [6.07, 6.45) is 1.45. The number of primary amides is 1. The van der Waals surface area contributed by atoms with Crippen LogP contribution in [0.2, 0.25) is 0 Å². The van der Waals surface area contributed by atoms with E-state index in [1.165, 1.54) is 11.5 Å². The fourth-order valence-corrected chi connectivity index (χ4v) is 2.60. The molecule has 4 heteroatoms. The number of hydrogen-bond donors (Lipinski definition) is 1. The summed E-state index contributed by atoms with van der Waals surface area (Å²) in [5.74, 6) is -0.0898. The molecule has 1 amide bonds. The fourth-order valence-electron chi connectivity index (χ4n) is 2.60. The summed E-state index contributed by atoms with van der Waals surface area (Å²) in [5, 5.41) is 11.3. The average molecular weight is 328 g/mol. The molecule has 0 aliphatic rings. The number of nitriles is 1. The maximum Gasteiger partial charge on any atom is 0.259 e. The highest BCUT2D eigenvalue weighted by Gasteiger charge is 2.05. The average Bonchev–Trinajstić information content (AvgIpc) is 2.64. The summed E-state index contributed by atoms with van der Waals surface area (Å²) in [4.78, 5) is 11.2. The third-order valence-electron chi connectivity index (χ3n) is 3.83. The van der Waals surface area contributed by atoms with Crippen molar-refractivity contribution in [3.05, 3.63) is 83.4 Å². The minimum atomic E-state index is -0.746. The van der Waals surface area contributed by atoms with Gasteiger partial charge in [-0.1, -0.05) is 54.6 Å². The van der Waals surface area contributed by atoms with Gasteiger partial charge < -0.3 is 10.5 Å². The summed E-state index contributed by atoms with van der Waals surface area (Å²) >= 11 is 0. The van der Waals surface area contributed by atoms with Gasteiger partial charge in [0.05, 0.1) is 0 Å². The van der Waals surface area contributed by atoms with Crippen molar-refractivity contribution in [2.75, 3.05) is 0 Å². The number of carbonyl (C=O) groups is 1. The molecule has 2 N–H and O–H groups in total. The van der Waals surface area contributed by atoms with E-state index in [4.69, 9.17) is 15.7 Å². The number of ether oxygens (including phenoxy) is 1. The molecule has 0 unspecified atom stereocenters. The number of amides is 1. The second-order valence-corrected chi connectivity index (χ2v) is 5.53. The maximum atomic E-state index is 11.2. The first-order valence-electron chi connectivity index (χ1n) is 7.78. The Hall–Kier alpha value is -3.58. The van der Waals surface area contributed by atoms with Gasteiger partial charge in [0.25, 0.3) is 5.91 Å². The molecule has 3 rings (SSSR count). The topological polar surface area (TPSA) is 76.1 Å². The highest BCUT2D eigenvalue weighted by Crippen LogP contribution is 2.22. The molecular weight excluding hydrogens is 312 g/mol. The third-order valence-corrected chi connectivity index (χ3v) is 3.83. The highest BCUT2D eigenvalue weighted by molar-refractivity contribution is 6.00. The van der Waals surface area contributed by atoms with Crippen LogP contribution in [0.3, 0.4) is 0 Å². The van der Waals surface area contributed by atoms with Crippen LogP contribution in [-0.2, 0) is 11.4 Å². The van der Waals surface area contributed by atoms with E-state index in [2.05, 4.69) is 18.2 Å². The second-order valence-electron chi connectivity index (χ2n) is 5.53. The molecular formula is C21H16N2O2. The van der Waals surface area contributed by atoms with E-state index in [1.54, 1.807) is 24.3 Å². The zero-order valence-corrected chi connectivity index (χ0v) is 13.5. The molecule has 122 valence electrons. The molecule has 0 saturated carbocycles. The smallest absolute Gasteiger partial charge is 0.259 e. The Balaban J connectivity index is 1.81. The van der Waals surface area contributed by atoms with Crippen LogP contribution in [0.5, 0.6) is 5.75 Å². The van der Waals surface area contributed by atoms with Gasteiger partial charge in [0.15, 0.2) is 0 Å². The van der Waals surface area contributed by atoms with Gasteiger partial charge in [0.2, 0.25) is 0 Å². The zero-order chi connectivity index (χ0) is 17.6. The van der Waals surface area contributed by atoms with Crippen LogP contribution >= 0.6 is 0 Å². The van der Waals surface area contributed by atoms with E-state index in [0.29, 0.717) is 17.9 Å². The SMILES string of the molecule is N#C/C(=C\c1cccc(OCc2cccc3ccccc23)c1)C(N)=O. The van der Waals surface area contributed by atoms with E-state index < -0.39 is 5.91 Å². The Kier molecular flexibility index (Phi) is 4.77. The van der Waals surface area contributed by atoms with Crippen LogP contribution in [0.15, 0.2) is 72.3 Å². The van der Waals surface area contributed by atoms with Gasteiger partial charge in [-0.2, -0.15) is 5.26 Å². The van der Waals surface area contributed by atoms with Crippen LogP contribution < -0.4 is 10.5 Å². The fraction of sp³-hybridized carbons (Fsp3) is 0.0476. The minimum absolute atomic E-state index is 0.0915. The minimum Gasteiger partial charge on any atom is -0.489 e. The number of nitrogens with two attached hydrogens (primary N) is 1. The number of carbonyl (C=O) groups excluding carboxylic acids is 1. The largest absolute Gasteiger partial charge is 0.489 e. The Labute approximate surface area is 145 Å². The molecule has 3 aromatic carbocycles. The molecule has 25 heavy (non-hydrogen) atoms. The van der Waals surface area contributed by atoms with Gasteiger partial charge in [-0.25, -0.2) is 0 Å². The molecule has 0 atom stereocenters. The Morgan fingerprint density at radius 1 is 1.08 bits per heavy atom. The summed E-state index contributed by atoms with van der Waals surface area (Å²) in [5.41, 5.74) is 6.85. The number of hydrogen-bond acceptors (Lipinski definition) is 3. The standard InChI is InChI=1S/C21H16N2O2/c22-13-18(21(23)24)11-15-5-3-9-19(12-15)25-14-17-8-4-7-16-6-1-2-10-20(16)17/h1-12H,14H2,(H2,23,24)/b18-11+. The van der Waals surface area contributed by atoms with Crippen molar-refractivity contribution in [1.29, 1.82) is 5.26 Å². The van der Waals surface area contributed by atoms with Crippen LogP contribution in [-0.4, -0.2) is 5.91 Å². The van der Waals surface area contributed by atoms with Gasteiger partial charge in [0, 0.05) is 0 Å². The highest BCUT2D eigenvalue weighted by atomic mass is 16.5. The van der Waals surface area contributed by atoms with Crippen LogP contribution in [0, 0.1) is 11.3 Å². The summed E-state index contributed by atoms with van der Waals surface area (Å²) < 4.78 is 5.89. The predicted molar refractivity (Wildman–Crippen MR) is 97.5 cm³/mol. The number of rotatable bonds is 5. The van der Waals surface area contributed by atoms with Crippen molar-refractivity contribution in [3.8, 4) is 11.8 Å². The Morgan fingerprint density at radius 2 is 1.84 bits per heavy atom. The van der Waals surface area contributed by atoms with Crippen LogP contribution in [0.4, 0.5) is 0 Å². The number of nitrogens with zero attached hydrogens (tertiary/aromatic N) is 1. The molecule has 0 bridgehead atoms. The maximum absolute atomic E-state index is 11.2. The third kappa shape index (κ3) is 3.85. The van der Waals surface area contributed by atoms with Crippen molar-refractivity contribution in [1.82, 2.24) is 0 Å². The lowest BCUT2D eigenvalue weighted by molar-refractivity contribution is -0.114. The van der Waals surface area contributed by atoms with Crippen molar-refractivity contribution < 1.29 is 9.53 Å². The molecule has 0 saturated heterocycles. The molecule has 3 aromatic rings. The summed E-state index contributed by atoms with van der Waals surface area (Å²) in [6, 6.07) is 23.2. The lowest BCUT2D eigenvalue weighted by atomic mass is 10.1. The predicted octanol–water partition coefficient (Wildman–Crippen LogP) is 3.81. The normalized spacial score (nSPS) is 11.1. The first kappa shape index (κ1) is 16.3. The van der Waals surface area contributed by atoms with Crippen molar-refractivity contribution in [2.24, 2.45) is 5.73 Å². The lowest BCUT2D eigenvalue weighted by Gasteiger charge is -2.09. The lowest BCUT2D eigenvalue weighted by Crippen LogP contribution is -2.12. The first-order valence-corrected chi connectivity index (χ1v) is 7.78. The van der Waals surface area contributed by atoms with E-state index in [1.807, 2.05) is 30.3 Å². The van der Waals surface area contributed by atoms with Gasteiger partial charge in [-0.05, 0) is 40.1 Å². The zero-order valence-electron chi connectivity index (χ0n) is 13.5. The monoisotopic (exact) mass is 328 g/mol. The van der Waals surface area contributed by atoms with E-state index >= 15 is 0 Å².